The number of amides is 9. The molecular formula is C76H114N20O16. The average molecular weight is 1560 g/mol. The van der Waals surface area contributed by atoms with Gasteiger partial charge in [0.05, 0.1) is 45.5 Å². The molecule has 112 heavy (non-hydrogen) atoms. The van der Waals surface area contributed by atoms with E-state index in [1.165, 1.54) is 55.4 Å². The Hall–Kier alpha value is -10.4. The number of H-pyrrole nitrogens is 2. The minimum atomic E-state index is -1.65. The number of benzene rings is 2. The van der Waals surface area contributed by atoms with Crippen molar-refractivity contribution in [2.45, 2.75) is 146 Å². The molecule has 3 saturated heterocycles. The zero-order valence-electron chi connectivity index (χ0n) is 65.0. The van der Waals surface area contributed by atoms with Crippen LogP contribution < -0.4 is 38.5 Å². The van der Waals surface area contributed by atoms with Crippen molar-refractivity contribution in [1.82, 2.24) is 80.3 Å². The summed E-state index contributed by atoms with van der Waals surface area (Å²) in [6.07, 6.45) is 6.12. The van der Waals surface area contributed by atoms with Crippen LogP contribution in [0.3, 0.4) is 0 Å². The molecule has 0 unspecified atom stereocenters. The highest BCUT2D eigenvalue weighted by Crippen LogP contribution is 2.26. The zero-order chi connectivity index (χ0) is 81.6. The van der Waals surface area contributed by atoms with Gasteiger partial charge in [0.15, 0.2) is 5.96 Å². The number of Topliss-reactive ketones (excluding diaryl/α,β-unsaturated/α-hetero) is 1. The number of fused-ring (bicyclic) bond motifs is 1. The second-order valence-electron chi connectivity index (χ2n) is 29.4. The van der Waals surface area contributed by atoms with Crippen molar-refractivity contribution in [1.29, 1.82) is 0 Å². The van der Waals surface area contributed by atoms with Crippen molar-refractivity contribution in [3.8, 4) is 0 Å². The maximum Gasteiger partial charge on any atom is 0.317 e. The number of aliphatic carboxylic acids is 3. The normalized spacial score (nSPS) is 21.8. The topological polar surface area (TPSA) is 495 Å². The number of primary amides is 1. The number of carbonyl (C=O) groups excluding carboxylic acids is 10. The van der Waals surface area contributed by atoms with Gasteiger partial charge in [0.2, 0.25) is 53.2 Å². The number of likely N-dealkylation sites (N-methyl/N-ethyl adjacent to an activating group) is 4. The van der Waals surface area contributed by atoms with Crippen LogP contribution in [0.2, 0.25) is 0 Å². The predicted octanol–water partition coefficient (Wildman–Crippen LogP) is -1.75. The zero-order valence-corrected chi connectivity index (χ0v) is 65.0. The van der Waals surface area contributed by atoms with E-state index in [0.29, 0.717) is 55.6 Å². The molecular weight excluding hydrogens is 1450 g/mol. The summed E-state index contributed by atoms with van der Waals surface area (Å²) in [6.45, 7) is 3.56. The van der Waals surface area contributed by atoms with E-state index in [2.05, 4.69) is 41.2 Å². The lowest BCUT2D eigenvalue weighted by atomic mass is 9.94. The number of rotatable bonds is 29. The summed E-state index contributed by atoms with van der Waals surface area (Å²) < 4.78 is 0. The van der Waals surface area contributed by atoms with Crippen LogP contribution in [0.1, 0.15) is 101 Å². The number of ketones is 1. The summed E-state index contributed by atoms with van der Waals surface area (Å²) in [5.74, 6) is -11.1. The van der Waals surface area contributed by atoms with E-state index < -0.39 is 114 Å². The van der Waals surface area contributed by atoms with Crippen molar-refractivity contribution in [3.05, 3.63) is 90.1 Å². The summed E-state index contributed by atoms with van der Waals surface area (Å²) >= 11 is 0. The molecule has 7 rings (SSSR count). The third-order valence-electron chi connectivity index (χ3n) is 21.1. The van der Waals surface area contributed by atoms with E-state index in [1.54, 1.807) is 51.2 Å². The summed E-state index contributed by atoms with van der Waals surface area (Å²) in [5, 5.41) is 41.3. The Labute approximate surface area is 652 Å². The van der Waals surface area contributed by atoms with Crippen molar-refractivity contribution >= 4 is 93.7 Å². The summed E-state index contributed by atoms with van der Waals surface area (Å²) in [5.41, 5.74) is 19.9. The molecule has 7 atom stereocenters. The maximum absolute atomic E-state index is 15.6. The number of aromatic nitrogens is 3. The number of piperidine rings is 1. The smallest absolute Gasteiger partial charge is 0.317 e. The number of hydrogen-bond donors (Lipinski definition) is 12. The third kappa shape index (κ3) is 28.1. The van der Waals surface area contributed by atoms with Crippen LogP contribution in [0, 0.1) is 5.92 Å². The van der Waals surface area contributed by atoms with Crippen LogP contribution in [0.4, 0.5) is 0 Å². The molecule has 3 fully saturated rings. The first kappa shape index (κ1) is 88.8. The van der Waals surface area contributed by atoms with Crippen LogP contribution in [0.25, 0.3) is 10.9 Å². The fraction of sp³-hybridized carbons (Fsp3) is 0.592. The highest BCUT2D eigenvalue weighted by atomic mass is 16.4. The predicted molar refractivity (Wildman–Crippen MR) is 414 cm³/mol. The first-order chi connectivity index (χ1) is 53.5. The molecule has 9 amide bonds. The summed E-state index contributed by atoms with van der Waals surface area (Å²) in [6, 6.07) is 7.44. The number of imidazole rings is 1. The van der Waals surface area contributed by atoms with Gasteiger partial charge in [0.1, 0.15) is 42.0 Å². The van der Waals surface area contributed by atoms with Gasteiger partial charge in [-0.1, -0.05) is 68.3 Å². The molecule has 36 heteroatoms. The van der Waals surface area contributed by atoms with Gasteiger partial charge in [0, 0.05) is 173 Å². The number of para-hydroxylation sites is 1. The second-order valence-corrected chi connectivity index (χ2v) is 29.4. The van der Waals surface area contributed by atoms with Gasteiger partial charge in [-0.2, -0.15) is 0 Å². The van der Waals surface area contributed by atoms with E-state index in [1.807, 2.05) is 41.0 Å². The van der Waals surface area contributed by atoms with Gasteiger partial charge in [0.25, 0.3) is 0 Å². The first-order valence-electron chi connectivity index (χ1n) is 38.4. The molecule has 3 aliphatic rings. The largest absolute Gasteiger partial charge is 0.480 e. The number of hydrogen-bond acceptors (Lipinski definition) is 20. The van der Waals surface area contributed by atoms with E-state index in [-0.39, 0.29) is 186 Å². The highest BCUT2D eigenvalue weighted by Gasteiger charge is 2.42. The SMILES string of the molecule is CCCC[C@H](CC(=O)CN1CCC(NC(=O)CN2CCN(CC(=O)O)CCN(CC(=O)O)CCN(CC(=O)O)CC2)CC1)C(=O)N[C@H]1CC(=O)NCCCC[C@@H](C(N)=O)N(C)C(=O)[C@H](Cc2c[nH]c3ccccc23)N(C)C(=O)[C@H](CCCN=C(N)N)N(C)C(=O)[C@@H](Cc2ccccc2)NC(=O)[C@H](Cc2cnc[nH]2)N(C)C1=O. The second kappa shape index (κ2) is 44.6. The van der Waals surface area contributed by atoms with Gasteiger partial charge >= 0.3 is 17.9 Å². The van der Waals surface area contributed by atoms with Gasteiger partial charge in [-0.05, 0) is 68.6 Å². The maximum atomic E-state index is 15.6. The number of guanidine groups is 1. The van der Waals surface area contributed by atoms with E-state index in [4.69, 9.17) is 17.2 Å². The number of unbranched alkanes of at least 4 members (excludes halogenated alkanes) is 1. The Balaban J connectivity index is 1.12. The van der Waals surface area contributed by atoms with Gasteiger partial charge in [-0.3, -0.25) is 91.8 Å². The Kier molecular flexibility index (Phi) is 35.3. The molecule has 0 radical (unpaired) electrons. The monoisotopic (exact) mass is 1560 g/mol. The molecule has 0 bridgehead atoms. The molecule has 36 nitrogen and oxygen atoms in total. The highest BCUT2D eigenvalue weighted by molar-refractivity contribution is 5.99. The van der Waals surface area contributed by atoms with Crippen LogP contribution in [-0.2, 0) is 81.6 Å². The van der Waals surface area contributed by atoms with Crippen molar-refractivity contribution in [2.75, 3.05) is 139 Å². The number of likely N-dealkylation sites (tertiary alicyclic amines) is 1. The van der Waals surface area contributed by atoms with Crippen LogP contribution in [-0.4, -0.2) is 339 Å². The Morgan fingerprint density at radius 2 is 1.18 bits per heavy atom. The lowest BCUT2D eigenvalue weighted by molar-refractivity contribution is -0.152. The lowest BCUT2D eigenvalue weighted by Crippen LogP contribution is -2.61. The number of nitrogens with two attached hydrogens (primary N) is 3. The Morgan fingerprint density at radius 1 is 0.607 bits per heavy atom. The van der Waals surface area contributed by atoms with E-state index in [9.17, 15) is 53.7 Å². The molecule has 614 valence electrons. The molecule has 5 heterocycles. The molecule has 0 spiro atoms. The number of nitrogens with zero attached hydrogens (tertiary/aromatic N) is 11. The summed E-state index contributed by atoms with van der Waals surface area (Å²) in [7, 11) is 5.59. The van der Waals surface area contributed by atoms with Crippen LogP contribution in [0.15, 0.2) is 78.3 Å². The standard InChI is InChI=1S/C76H114N20O16/c1-6-7-18-51(38-55(97)44-92-27-23-53(24-28-92)85-65(99)45-93-29-31-94(46-66(100)101)33-35-96(48-68(104)105)36-34-95(32-30-93)47-67(102)103)70(107)86-59-41-64(98)81-25-14-13-21-60(69(77)106)88(2)75(112)63(39-52-42-83-57-20-12-11-19-56(52)57)91(5)74(111)61(22-15-26-82-76(78)79)89(3)72(109)58(37-50-16-9-8-10-17-50)87-71(108)62(90(4)73(59)110)40-54-43-80-49-84-54/h8-12,16-17,19-20,42-43,49,51,53,58-63,83H,6-7,13-15,18,21-41,44-48H2,1-5H3,(H2,77,106)(H,80,84)(H,81,98)(H,85,99)(H,86,107)(H,87,108)(H,100,101)(H,102,103)(H,104,105)(H4,78,79,82)/t51-,58-,59+,60+,61+,62+,63+/m1/s1. The lowest BCUT2D eigenvalue weighted by Gasteiger charge is -2.38. The quantitative estimate of drug-likeness (QED) is 0.0163. The van der Waals surface area contributed by atoms with Crippen molar-refractivity contribution in [2.24, 2.45) is 28.1 Å². The molecule has 0 saturated carbocycles. The Bertz CT molecular complexity index is 3820. The number of carboxylic acid groups (broad SMARTS) is 3. The summed E-state index contributed by atoms with van der Waals surface area (Å²) in [4.78, 5) is 211. The van der Waals surface area contributed by atoms with Crippen LogP contribution >= 0.6 is 0 Å². The minimum Gasteiger partial charge on any atom is -0.480 e. The molecule has 2 aromatic carbocycles. The first-order valence-corrected chi connectivity index (χ1v) is 38.4. The van der Waals surface area contributed by atoms with E-state index in [0.717, 1.165) is 15.8 Å². The van der Waals surface area contributed by atoms with Gasteiger partial charge < -0.3 is 83.4 Å². The van der Waals surface area contributed by atoms with Gasteiger partial charge in [-0.25, -0.2) is 4.98 Å². The van der Waals surface area contributed by atoms with E-state index >= 15 is 24.0 Å². The molecule has 2 aromatic heterocycles. The molecule has 0 aliphatic carbocycles. The van der Waals surface area contributed by atoms with Crippen molar-refractivity contribution in [3.63, 3.8) is 0 Å². The third-order valence-corrected chi connectivity index (χ3v) is 21.1. The van der Waals surface area contributed by atoms with Crippen LogP contribution in [0.5, 0.6) is 0 Å². The average Bonchev–Trinajstić information content (AvgIpc) is 1.64. The fourth-order valence-electron chi connectivity index (χ4n) is 14.6. The van der Waals surface area contributed by atoms with Gasteiger partial charge in [-0.15, -0.1) is 0 Å². The number of carboxylic acids is 3. The number of nitrogens with one attached hydrogen (secondary N) is 6. The van der Waals surface area contributed by atoms with Crippen molar-refractivity contribution < 1.29 is 77.6 Å². The Morgan fingerprint density at radius 3 is 1.76 bits per heavy atom. The molecule has 15 N–H and O–H groups in total. The fourth-order valence-corrected chi connectivity index (χ4v) is 14.6. The number of carbonyl (C=O) groups is 13. The molecule has 4 aromatic rings. The number of aromatic amines is 2. The number of aliphatic imine (C=N–C) groups is 1. The minimum absolute atomic E-state index is 0.00406. The molecule has 3 aliphatic heterocycles.